The molecule has 0 aliphatic heterocycles. The number of hydrogen-bond donors (Lipinski definition) is 1. The minimum Gasteiger partial charge on any atom is -0.494 e. The third-order valence-corrected chi connectivity index (χ3v) is 5.13. The van der Waals surface area contributed by atoms with Crippen molar-refractivity contribution in [3.63, 3.8) is 0 Å². The summed E-state index contributed by atoms with van der Waals surface area (Å²) >= 11 is 1.02. The highest BCUT2D eigenvalue weighted by atomic mass is 32.2. The van der Waals surface area contributed by atoms with E-state index in [2.05, 4.69) is 15.2 Å². The highest BCUT2D eigenvalue weighted by Crippen LogP contribution is 2.30. The zero-order chi connectivity index (χ0) is 22.4. The van der Waals surface area contributed by atoms with Crippen LogP contribution in [-0.4, -0.2) is 50.2 Å². The summed E-state index contributed by atoms with van der Waals surface area (Å²) in [7, 11) is 0. The van der Waals surface area contributed by atoms with Gasteiger partial charge in [-0.2, -0.15) is 13.2 Å². The van der Waals surface area contributed by atoms with Gasteiger partial charge in [0.25, 0.3) is 0 Å². The zero-order valence-corrected chi connectivity index (χ0v) is 17.6. The molecule has 0 fully saturated rings. The van der Waals surface area contributed by atoms with Crippen molar-refractivity contribution in [2.24, 2.45) is 0 Å². The molecule has 3 rings (SSSR count). The standard InChI is InChI=1S/C20H20F3N5O2S/c1-3-30-16-6-4-15(5-7-16)28-17(14-8-10-24-11-9-14)26-27-19(28)31-13(2)18(29)25-12-20(21,22)23/h4-11,13H,3,12H2,1-2H3,(H,25,29). The Kier molecular flexibility index (Phi) is 7.16. The van der Waals surface area contributed by atoms with E-state index >= 15 is 0 Å². The zero-order valence-electron chi connectivity index (χ0n) is 16.8. The van der Waals surface area contributed by atoms with E-state index in [1.807, 2.05) is 24.4 Å². The minimum atomic E-state index is -4.48. The van der Waals surface area contributed by atoms with Crippen molar-refractivity contribution in [1.82, 2.24) is 25.1 Å². The number of alkyl halides is 3. The van der Waals surface area contributed by atoms with Gasteiger partial charge >= 0.3 is 6.18 Å². The molecular weight excluding hydrogens is 431 g/mol. The van der Waals surface area contributed by atoms with E-state index in [-0.39, 0.29) is 0 Å². The molecule has 164 valence electrons. The van der Waals surface area contributed by atoms with Gasteiger partial charge in [0.2, 0.25) is 5.91 Å². The van der Waals surface area contributed by atoms with Crippen LogP contribution in [0.5, 0.6) is 5.75 Å². The first-order chi connectivity index (χ1) is 14.8. The van der Waals surface area contributed by atoms with Crippen LogP contribution >= 0.6 is 11.8 Å². The Morgan fingerprint density at radius 3 is 2.45 bits per heavy atom. The monoisotopic (exact) mass is 451 g/mol. The molecule has 2 heterocycles. The fourth-order valence-electron chi connectivity index (χ4n) is 2.67. The molecule has 1 N–H and O–H groups in total. The van der Waals surface area contributed by atoms with Crippen LogP contribution in [0.15, 0.2) is 53.9 Å². The summed E-state index contributed by atoms with van der Waals surface area (Å²) in [5, 5.41) is 9.86. The Labute approximate surface area is 181 Å². The molecule has 11 heteroatoms. The van der Waals surface area contributed by atoms with Crippen LogP contribution in [0.25, 0.3) is 17.1 Å². The van der Waals surface area contributed by atoms with Gasteiger partial charge in [0.05, 0.1) is 11.9 Å². The largest absolute Gasteiger partial charge is 0.494 e. The van der Waals surface area contributed by atoms with Gasteiger partial charge in [-0.1, -0.05) is 11.8 Å². The Balaban J connectivity index is 1.91. The number of pyridine rings is 1. The number of rotatable bonds is 8. The fourth-order valence-corrected chi connectivity index (χ4v) is 3.56. The van der Waals surface area contributed by atoms with Gasteiger partial charge in [-0.05, 0) is 50.2 Å². The summed E-state index contributed by atoms with van der Waals surface area (Å²) < 4.78 is 44.4. The average molecular weight is 451 g/mol. The molecule has 1 unspecified atom stereocenters. The molecule has 1 atom stereocenters. The predicted octanol–water partition coefficient (Wildman–Crippen LogP) is 3.89. The van der Waals surface area contributed by atoms with Gasteiger partial charge in [-0.25, -0.2) is 0 Å². The Bertz CT molecular complexity index is 1010. The number of carbonyl (C=O) groups excluding carboxylic acids is 1. The van der Waals surface area contributed by atoms with Gasteiger partial charge in [0.1, 0.15) is 12.3 Å². The van der Waals surface area contributed by atoms with Gasteiger partial charge in [-0.3, -0.25) is 14.3 Å². The lowest BCUT2D eigenvalue weighted by atomic mass is 10.2. The highest BCUT2D eigenvalue weighted by molar-refractivity contribution is 8.00. The molecule has 0 bridgehead atoms. The van der Waals surface area contributed by atoms with Crippen LogP contribution in [0.1, 0.15) is 13.8 Å². The summed E-state index contributed by atoms with van der Waals surface area (Å²) in [6, 6.07) is 10.8. The number of carbonyl (C=O) groups is 1. The van der Waals surface area contributed by atoms with Crippen molar-refractivity contribution in [1.29, 1.82) is 0 Å². The first-order valence-corrected chi connectivity index (χ1v) is 10.3. The molecule has 1 amide bonds. The van der Waals surface area contributed by atoms with Crippen LogP contribution in [0.3, 0.4) is 0 Å². The van der Waals surface area contributed by atoms with E-state index in [1.165, 1.54) is 6.92 Å². The van der Waals surface area contributed by atoms with Crippen molar-refractivity contribution < 1.29 is 22.7 Å². The number of nitrogens with one attached hydrogen (secondary N) is 1. The Morgan fingerprint density at radius 2 is 1.84 bits per heavy atom. The van der Waals surface area contributed by atoms with Crippen molar-refractivity contribution in [3.8, 4) is 22.8 Å². The Hall–Kier alpha value is -3.08. The number of amides is 1. The topological polar surface area (TPSA) is 81.9 Å². The molecule has 7 nitrogen and oxygen atoms in total. The molecule has 2 aromatic heterocycles. The van der Waals surface area contributed by atoms with Crippen molar-refractivity contribution >= 4 is 17.7 Å². The minimum absolute atomic E-state index is 0.366. The maximum atomic E-state index is 12.4. The number of aromatic nitrogens is 4. The summed E-state index contributed by atoms with van der Waals surface area (Å²) in [6.45, 7) is 2.54. The van der Waals surface area contributed by atoms with E-state index in [0.717, 1.165) is 17.3 Å². The van der Waals surface area contributed by atoms with Crippen LogP contribution < -0.4 is 10.1 Å². The van der Waals surface area contributed by atoms with E-state index in [9.17, 15) is 18.0 Å². The summed E-state index contributed by atoms with van der Waals surface area (Å²) in [4.78, 5) is 16.1. The van der Waals surface area contributed by atoms with Gasteiger partial charge in [-0.15, -0.1) is 10.2 Å². The first-order valence-electron chi connectivity index (χ1n) is 9.38. The lowest BCUT2D eigenvalue weighted by Crippen LogP contribution is -2.38. The predicted molar refractivity (Wildman–Crippen MR) is 110 cm³/mol. The van der Waals surface area contributed by atoms with E-state index in [4.69, 9.17) is 4.74 Å². The first kappa shape index (κ1) is 22.6. The molecule has 1 aromatic carbocycles. The van der Waals surface area contributed by atoms with E-state index in [1.54, 1.807) is 41.2 Å². The maximum Gasteiger partial charge on any atom is 0.405 e. The van der Waals surface area contributed by atoms with Crippen LogP contribution in [-0.2, 0) is 4.79 Å². The van der Waals surface area contributed by atoms with Crippen LogP contribution in [0.4, 0.5) is 13.2 Å². The SMILES string of the molecule is CCOc1ccc(-n2c(SC(C)C(=O)NCC(F)(F)F)nnc2-c2ccncc2)cc1. The van der Waals surface area contributed by atoms with Gasteiger partial charge in [0.15, 0.2) is 11.0 Å². The second-order valence-electron chi connectivity index (χ2n) is 6.40. The summed E-state index contributed by atoms with van der Waals surface area (Å²) in [6.07, 6.45) is -1.24. The van der Waals surface area contributed by atoms with Gasteiger partial charge in [0, 0.05) is 23.6 Å². The van der Waals surface area contributed by atoms with Crippen molar-refractivity contribution in [2.45, 2.75) is 30.4 Å². The van der Waals surface area contributed by atoms with Crippen LogP contribution in [0, 0.1) is 0 Å². The lowest BCUT2D eigenvalue weighted by molar-refractivity contribution is -0.137. The second-order valence-corrected chi connectivity index (χ2v) is 7.71. The molecule has 3 aromatic rings. The number of hydrogen-bond acceptors (Lipinski definition) is 6. The van der Waals surface area contributed by atoms with Crippen molar-refractivity contribution in [2.75, 3.05) is 13.2 Å². The maximum absolute atomic E-state index is 12.4. The number of nitrogens with zero attached hydrogens (tertiary/aromatic N) is 4. The number of thioether (sulfide) groups is 1. The molecule has 0 radical (unpaired) electrons. The molecule has 0 saturated heterocycles. The number of benzene rings is 1. The summed E-state index contributed by atoms with van der Waals surface area (Å²) in [5.41, 5.74) is 1.46. The quantitative estimate of drug-likeness (QED) is 0.524. The third-order valence-electron chi connectivity index (χ3n) is 4.09. The number of ether oxygens (including phenoxy) is 1. The smallest absolute Gasteiger partial charge is 0.405 e. The fraction of sp³-hybridized carbons (Fsp3) is 0.300. The lowest BCUT2D eigenvalue weighted by Gasteiger charge is -2.15. The van der Waals surface area contributed by atoms with Crippen LogP contribution in [0.2, 0.25) is 0 Å². The molecular formula is C20H20F3N5O2S. The van der Waals surface area contributed by atoms with E-state index < -0.39 is 23.9 Å². The molecule has 0 aliphatic carbocycles. The average Bonchev–Trinajstić information content (AvgIpc) is 3.16. The van der Waals surface area contributed by atoms with Gasteiger partial charge < -0.3 is 10.1 Å². The van der Waals surface area contributed by atoms with E-state index in [0.29, 0.717) is 29.0 Å². The normalized spacial score (nSPS) is 12.4. The third kappa shape index (κ3) is 5.97. The van der Waals surface area contributed by atoms with Crippen molar-refractivity contribution in [3.05, 3.63) is 48.8 Å². The molecule has 0 aliphatic rings. The number of halogens is 3. The highest BCUT2D eigenvalue weighted by Gasteiger charge is 2.29. The molecule has 0 spiro atoms. The second kappa shape index (κ2) is 9.82. The Morgan fingerprint density at radius 1 is 1.16 bits per heavy atom. The molecule has 0 saturated carbocycles. The summed E-state index contributed by atoms with van der Waals surface area (Å²) in [5.74, 6) is 0.463. The molecule has 31 heavy (non-hydrogen) atoms.